The van der Waals surface area contributed by atoms with Gasteiger partial charge in [0.25, 0.3) is 0 Å². The number of nitrogens with zero attached hydrogens (tertiary/aromatic N) is 2. The highest BCUT2D eigenvalue weighted by Crippen LogP contribution is 2.29. The summed E-state index contributed by atoms with van der Waals surface area (Å²) >= 11 is 1.58. The van der Waals surface area contributed by atoms with Crippen LogP contribution in [-0.2, 0) is 11.8 Å². The molecule has 1 N–H and O–H groups in total. The summed E-state index contributed by atoms with van der Waals surface area (Å²) < 4.78 is 12.5. The Labute approximate surface area is 174 Å². The van der Waals surface area contributed by atoms with Gasteiger partial charge in [0, 0.05) is 47.7 Å². The van der Waals surface area contributed by atoms with E-state index >= 15 is 0 Å². The van der Waals surface area contributed by atoms with Crippen LogP contribution in [0.4, 0.5) is 5.69 Å². The number of benzene rings is 2. The Morgan fingerprint density at radius 3 is 2.66 bits per heavy atom. The molecule has 0 radical (unpaired) electrons. The Morgan fingerprint density at radius 1 is 1.17 bits per heavy atom. The summed E-state index contributed by atoms with van der Waals surface area (Å²) in [5, 5.41) is 3.83. The van der Waals surface area contributed by atoms with E-state index in [1.54, 1.807) is 44.3 Å². The number of nitrogens with one attached hydrogen (secondary N) is 1. The minimum atomic E-state index is -0.213. The molecule has 3 aromatic rings. The predicted octanol–water partition coefficient (Wildman–Crippen LogP) is 4.55. The van der Waals surface area contributed by atoms with Gasteiger partial charge in [0.2, 0.25) is 5.91 Å². The van der Waals surface area contributed by atoms with Crippen molar-refractivity contribution in [3.05, 3.63) is 66.0 Å². The van der Waals surface area contributed by atoms with E-state index in [1.165, 1.54) is 6.08 Å². The van der Waals surface area contributed by atoms with E-state index in [2.05, 4.69) is 10.3 Å². The van der Waals surface area contributed by atoms with Crippen molar-refractivity contribution in [2.45, 2.75) is 17.0 Å². The lowest BCUT2D eigenvalue weighted by Crippen LogP contribution is -2.09. The molecule has 1 amide bonds. The first-order chi connectivity index (χ1) is 14.0. The zero-order valence-corrected chi connectivity index (χ0v) is 17.6. The first-order valence-corrected chi connectivity index (χ1v) is 9.78. The molecule has 29 heavy (non-hydrogen) atoms. The Hall–Kier alpha value is -3.19. The maximum absolute atomic E-state index is 12.4. The van der Waals surface area contributed by atoms with Gasteiger partial charge in [-0.1, -0.05) is 11.8 Å². The van der Waals surface area contributed by atoms with Crippen molar-refractivity contribution in [1.82, 2.24) is 9.55 Å². The van der Waals surface area contributed by atoms with Crippen LogP contribution in [0.25, 0.3) is 6.08 Å². The van der Waals surface area contributed by atoms with Crippen LogP contribution in [0.3, 0.4) is 0 Å². The van der Waals surface area contributed by atoms with Crippen LogP contribution in [0.2, 0.25) is 0 Å². The molecule has 0 aliphatic heterocycles. The number of aromatic nitrogens is 2. The maximum atomic E-state index is 12.4. The standard InChI is InChI=1S/C22H23N3O3S/c1-15-13-18(29-22-23-11-12-25(22)2)8-9-19(15)24-21(26)10-6-16-5-7-17(27-3)14-20(16)28-4/h5-14H,1-4H3,(H,24,26)/b10-6+. The predicted molar refractivity (Wildman–Crippen MR) is 116 cm³/mol. The number of ether oxygens (including phenoxy) is 2. The molecule has 3 rings (SSSR count). The van der Waals surface area contributed by atoms with E-state index in [4.69, 9.17) is 9.47 Å². The Kier molecular flexibility index (Phi) is 6.61. The fourth-order valence-electron chi connectivity index (χ4n) is 2.69. The number of hydrogen-bond donors (Lipinski definition) is 1. The first-order valence-electron chi connectivity index (χ1n) is 8.97. The van der Waals surface area contributed by atoms with Gasteiger partial charge in [0.15, 0.2) is 5.16 Å². The van der Waals surface area contributed by atoms with Gasteiger partial charge in [-0.3, -0.25) is 4.79 Å². The molecule has 1 aromatic heterocycles. The summed E-state index contributed by atoms with van der Waals surface area (Å²) in [4.78, 5) is 17.7. The van der Waals surface area contributed by atoms with E-state index < -0.39 is 0 Å². The van der Waals surface area contributed by atoms with Gasteiger partial charge in [-0.15, -0.1) is 0 Å². The quantitative estimate of drug-likeness (QED) is 0.580. The van der Waals surface area contributed by atoms with Crippen molar-refractivity contribution in [2.24, 2.45) is 7.05 Å². The molecule has 0 saturated heterocycles. The minimum absolute atomic E-state index is 0.213. The van der Waals surface area contributed by atoms with E-state index in [1.807, 2.05) is 55.1 Å². The smallest absolute Gasteiger partial charge is 0.248 e. The maximum Gasteiger partial charge on any atom is 0.248 e. The van der Waals surface area contributed by atoms with Crippen LogP contribution in [0.15, 0.2) is 64.9 Å². The van der Waals surface area contributed by atoms with Crippen LogP contribution in [0.5, 0.6) is 11.5 Å². The van der Waals surface area contributed by atoms with E-state index in [9.17, 15) is 4.79 Å². The van der Waals surface area contributed by atoms with Crippen molar-refractivity contribution in [3.8, 4) is 11.5 Å². The molecule has 1 heterocycles. The zero-order valence-electron chi connectivity index (χ0n) is 16.8. The third kappa shape index (κ3) is 5.20. The number of methoxy groups -OCH3 is 2. The SMILES string of the molecule is COc1ccc(/C=C/C(=O)Nc2ccc(Sc3nccn3C)cc2C)c(OC)c1. The highest BCUT2D eigenvalue weighted by Gasteiger charge is 2.07. The molecule has 0 aliphatic rings. The van der Waals surface area contributed by atoms with Crippen molar-refractivity contribution in [1.29, 1.82) is 0 Å². The Balaban J connectivity index is 1.67. The van der Waals surface area contributed by atoms with Crippen LogP contribution in [-0.4, -0.2) is 29.7 Å². The van der Waals surface area contributed by atoms with Crippen LogP contribution >= 0.6 is 11.8 Å². The number of rotatable bonds is 7. The summed E-state index contributed by atoms with van der Waals surface area (Å²) in [6.45, 7) is 1.97. The lowest BCUT2D eigenvalue weighted by Gasteiger charge is -2.09. The molecule has 0 saturated carbocycles. The topological polar surface area (TPSA) is 65.4 Å². The lowest BCUT2D eigenvalue weighted by molar-refractivity contribution is -0.111. The Bertz CT molecular complexity index is 1040. The molecule has 6 nitrogen and oxygen atoms in total. The Morgan fingerprint density at radius 2 is 2.00 bits per heavy atom. The summed E-state index contributed by atoms with van der Waals surface area (Å²) in [6, 6.07) is 11.3. The van der Waals surface area contributed by atoms with Crippen molar-refractivity contribution >= 4 is 29.4 Å². The molecule has 0 unspecified atom stereocenters. The van der Waals surface area contributed by atoms with Crippen LogP contribution in [0.1, 0.15) is 11.1 Å². The van der Waals surface area contributed by atoms with Gasteiger partial charge >= 0.3 is 0 Å². The number of amides is 1. The molecule has 7 heteroatoms. The summed E-state index contributed by atoms with van der Waals surface area (Å²) in [5.41, 5.74) is 2.54. The molecule has 0 spiro atoms. The number of carbonyl (C=O) groups is 1. The highest BCUT2D eigenvalue weighted by atomic mass is 32.2. The zero-order chi connectivity index (χ0) is 20.8. The molecule has 0 bridgehead atoms. The van der Waals surface area contributed by atoms with Crippen molar-refractivity contribution < 1.29 is 14.3 Å². The number of hydrogen-bond acceptors (Lipinski definition) is 5. The largest absolute Gasteiger partial charge is 0.497 e. The van der Waals surface area contributed by atoms with E-state index in [-0.39, 0.29) is 5.91 Å². The van der Waals surface area contributed by atoms with Gasteiger partial charge in [-0.2, -0.15) is 0 Å². The van der Waals surface area contributed by atoms with Gasteiger partial charge in [-0.05, 0) is 48.9 Å². The second-order valence-electron chi connectivity index (χ2n) is 6.33. The van der Waals surface area contributed by atoms with Gasteiger partial charge < -0.3 is 19.4 Å². The first kappa shape index (κ1) is 20.5. The highest BCUT2D eigenvalue weighted by molar-refractivity contribution is 7.99. The normalized spacial score (nSPS) is 10.9. The molecule has 0 aliphatic carbocycles. The van der Waals surface area contributed by atoms with Gasteiger partial charge in [0.1, 0.15) is 11.5 Å². The summed E-state index contributed by atoms with van der Waals surface area (Å²) in [5.74, 6) is 1.12. The van der Waals surface area contributed by atoms with E-state index in [0.717, 1.165) is 26.9 Å². The summed E-state index contributed by atoms with van der Waals surface area (Å²) in [7, 11) is 5.14. The summed E-state index contributed by atoms with van der Waals surface area (Å²) in [6.07, 6.45) is 6.89. The van der Waals surface area contributed by atoms with Gasteiger partial charge in [-0.25, -0.2) is 4.98 Å². The molecular weight excluding hydrogens is 386 g/mol. The van der Waals surface area contributed by atoms with E-state index in [0.29, 0.717) is 11.5 Å². The average molecular weight is 410 g/mol. The third-order valence-electron chi connectivity index (χ3n) is 4.30. The number of aryl methyl sites for hydroxylation is 2. The molecule has 2 aromatic carbocycles. The van der Waals surface area contributed by atoms with Crippen molar-refractivity contribution in [3.63, 3.8) is 0 Å². The second-order valence-corrected chi connectivity index (χ2v) is 7.37. The van der Waals surface area contributed by atoms with Gasteiger partial charge in [0.05, 0.1) is 14.2 Å². The van der Waals surface area contributed by atoms with Crippen molar-refractivity contribution in [2.75, 3.05) is 19.5 Å². The molecular formula is C22H23N3O3S. The van der Waals surface area contributed by atoms with Crippen LogP contribution < -0.4 is 14.8 Å². The monoisotopic (exact) mass is 409 g/mol. The fraction of sp³-hybridized carbons (Fsp3) is 0.182. The fourth-order valence-corrected chi connectivity index (χ4v) is 3.59. The molecule has 0 atom stereocenters. The lowest BCUT2D eigenvalue weighted by atomic mass is 10.1. The number of imidazole rings is 1. The minimum Gasteiger partial charge on any atom is -0.497 e. The third-order valence-corrected chi connectivity index (χ3v) is 5.36. The molecule has 0 fully saturated rings. The molecule has 150 valence electrons. The average Bonchev–Trinajstić information content (AvgIpc) is 3.12. The van der Waals surface area contributed by atoms with Crippen LogP contribution in [0, 0.1) is 6.92 Å². The number of anilines is 1. The second kappa shape index (κ2) is 9.34. The number of carbonyl (C=O) groups excluding carboxylic acids is 1.